The van der Waals surface area contributed by atoms with Crippen molar-refractivity contribution in [3.8, 4) is 27.3 Å². The number of hydrogen-bond acceptors (Lipinski definition) is 8. The number of nitrogens with one attached hydrogen (secondary N) is 3. The number of ketones is 1. The maximum atomic E-state index is 14.4. The molecule has 252 valence electrons. The first-order valence-electron chi connectivity index (χ1n) is 16.7. The van der Waals surface area contributed by atoms with Crippen molar-refractivity contribution in [1.29, 1.82) is 0 Å². The van der Waals surface area contributed by atoms with Gasteiger partial charge < -0.3 is 31.9 Å². The summed E-state index contributed by atoms with van der Waals surface area (Å²) in [5.74, 6) is 7.76. The number of nitrogens with zero attached hydrogens (tertiary/aromatic N) is 1. The molecule has 2 aliphatic rings. The third-order valence-corrected chi connectivity index (χ3v) is 12.2. The van der Waals surface area contributed by atoms with Crippen molar-refractivity contribution in [3.05, 3.63) is 57.8 Å². The van der Waals surface area contributed by atoms with E-state index in [1.807, 2.05) is 26.1 Å². The molecule has 0 amide bonds. The van der Waals surface area contributed by atoms with Crippen LogP contribution >= 0.6 is 22.7 Å². The van der Waals surface area contributed by atoms with Crippen LogP contribution in [0.3, 0.4) is 0 Å². The lowest BCUT2D eigenvalue weighted by molar-refractivity contribution is 0.0390. The molecule has 2 fully saturated rings. The van der Waals surface area contributed by atoms with Crippen molar-refractivity contribution in [1.82, 2.24) is 10.6 Å². The topological polar surface area (TPSA) is 132 Å². The van der Waals surface area contributed by atoms with E-state index >= 15 is 0 Å². The Morgan fingerprint density at radius 1 is 1.13 bits per heavy atom. The van der Waals surface area contributed by atoms with Crippen molar-refractivity contribution in [3.63, 3.8) is 0 Å². The van der Waals surface area contributed by atoms with Gasteiger partial charge in [-0.25, -0.2) is 0 Å². The van der Waals surface area contributed by atoms with Crippen LogP contribution in [0.2, 0.25) is 0 Å². The zero-order valence-electron chi connectivity index (χ0n) is 27.9. The van der Waals surface area contributed by atoms with Crippen molar-refractivity contribution >= 4 is 40.1 Å². The predicted molar refractivity (Wildman–Crippen MR) is 195 cm³/mol. The first-order chi connectivity index (χ1) is 22.6. The van der Waals surface area contributed by atoms with Crippen molar-refractivity contribution in [2.24, 2.45) is 33.9 Å². The first-order valence-corrected chi connectivity index (χ1v) is 18.3. The van der Waals surface area contributed by atoms with E-state index in [4.69, 9.17) is 5.73 Å². The first kappa shape index (κ1) is 35.0. The number of anilines is 1. The summed E-state index contributed by atoms with van der Waals surface area (Å²) in [6.45, 7) is 4.93. The van der Waals surface area contributed by atoms with E-state index < -0.39 is 6.10 Å². The molecule has 2 saturated carbocycles. The molecule has 7 N–H and O–H groups in total. The quantitative estimate of drug-likeness (QED) is 0.0592. The number of phenolic OH excluding ortho intramolecular Hbond substituents is 1. The summed E-state index contributed by atoms with van der Waals surface area (Å²) in [5.41, 5.74) is 7.94. The molecule has 3 aromatic rings. The molecule has 6 atom stereocenters. The Kier molecular flexibility index (Phi) is 11.7. The highest BCUT2D eigenvalue weighted by molar-refractivity contribution is 7.23. The monoisotopic (exact) mass is 675 g/mol. The second-order valence-corrected chi connectivity index (χ2v) is 15.5. The molecule has 0 unspecified atom stereocenters. The van der Waals surface area contributed by atoms with Crippen molar-refractivity contribution < 1.29 is 15.0 Å². The Hall–Kier alpha value is -3.36. The summed E-state index contributed by atoms with van der Waals surface area (Å²) in [7, 11) is 3.70. The molecule has 1 spiro atoms. The molecule has 2 heterocycles. The lowest BCUT2D eigenvalue weighted by atomic mass is 9.58. The Bertz CT molecular complexity index is 1620. The number of phenols is 1. The molecule has 0 radical (unpaired) electrons. The molecule has 0 aliphatic heterocycles. The van der Waals surface area contributed by atoms with Crippen LogP contribution in [0.15, 0.2) is 47.5 Å². The zero-order chi connectivity index (χ0) is 33.6. The number of hydrogen-bond donors (Lipinski definition) is 6. The summed E-state index contributed by atoms with van der Waals surface area (Å²) < 4.78 is 0. The Morgan fingerprint density at radius 3 is 2.66 bits per heavy atom. The van der Waals surface area contributed by atoms with Gasteiger partial charge in [-0.2, -0.15) is 0 Å². The number of carbonyl (C=O) groups excluding carboxylic acids is 1. The molecule has 10 heteroatoms. The zero-order valence-corrected chi connectivity index (χ0v) is 29.6. The smallest absolute Gasteiger partial charge is 0.188 e. The molecular formula is C37H49N5O3S2. The van der Waals surface area contributed by atoms with Gasteiger partial charge in [-0.3, -0.25) is 9.79 Å². The lowest BCUT2D eigenvalue weighted by Crippen LogP contribution is -2.50. The lowest BCUT2D eigenvalue weighted by Gasteiger charge is -2.46. The number of rotatable bonds is 12. The number of carbonyl (C=O) groups is 1. The van der Waals surface area contributed by atoms with Crippen LogP contribution in [-0.2, 0) is 6.42 Å². The summed E-state index contributed by atoms with van der Waals surface area (Å²) in [6.07, 6.45) is 6.00. The molecule has 5 rings (SSSR count). The van der Waals surface area contributed by atoms with Gasteiger partial charge >= 0.3 is 0 Å². The van der Waals surface area contributed by atoms with E-state index in [0.717, 1.165) is 75.8 Å². The molecule has 1 aromatic carbocycles. The molecular weight excluding hydrogens is 627 g/mol. The van der Waals surface area contributed by atoms with Crippen LogP contribution < -0.4 is 21.7 Å². The number of benzene rings is 1. The highest BCUT2D eigenvalue weighted by Gasteiger charge is 2.52. The van der Waals surface area contributed by atoms with E-state index in [1.54, 1.807) is 48.8 Å². The number of aliphatic hydroxyl groups excluding tert-OH is 1. The summed E-state index contributed by atoms with van der Waals surface area (Å²) in [6, 6.07) is 13.8. The van der Waals surface area contributed by atoms with Crippen LogP contribution in [0.1, 0.15) is 72.5 Å². The summed E-state index contributed by atoms with van der Waals surface area (Å²) in [4.78, 5) is 22.8. The van der Waals surface area contributed by atoms with E-state index in [0.29, 0.717) is 24.8 Å². The molecule has 2 aromatic heterocycles. The van der Waals surface area contributed by atoms with Gasteiger partial charge in [0, 0.05) is 47.1 Å². The van der Waals surface area contributed by atoms with Gasteiger partial charge in [0.15, 0.2) is 11.7 Å². The minimum Gasteiger partial charge on any atom is -0.508 e. The maximum Gasteiger partial charge on any atom is 0.188 e. The molecule has 0 bridgehead atoms. The number of aromatic hydroxyl groups is 1. The Balaban J connectivity index is 1.40. The van der Waals surface area contributed by atoms with Gasteiger partial charge in [0.2, 0.25) is 0 Å². The third-order valence-electron chi connectivity index (χ3n) is 9.91. The number of guanidine groups is 1. The van der Waals surface area contributed by atoms with Gasteiger partial charge in [0.25, 0.3) is 0 Å². The standard InChI is InChI=1S/C37H49N5O3S2/c1-5-6-29-8-10-32(46-29)33-11-12-34(47-33)35(45)30-9-7-26(20-37(30)14-13-24(19-37)22-39-3)31(42-36(38)40-4)17-25-15-27(18-28(44)16-25)41-21-23(2)43/h8,10-12,15-16,18,23-24,26,30-31,39,41,43-44H,7,9,13-14,17,19-22H2,1-4H3,(H3,38,40,42)/t23-,24-,26-,30-,31-,37-/m0/s1. The van der Waals surface area contributed by atoms with Gasteiger partial charge in [-0.05, 0) is 132 Å². The molecule has 8 nitrogen and oxygen atoms in total. The van der Waals surface area contributed by atoms with E-state index in [-0.39, 0.29) is 34.8 Å². The average Bonchev–Trinajstić information content (AvgIpc) is 3.80. The van der Waals surface area contributed by atoms with Crippen LogP contribution in [-0.4, -0.2) is 61.3 Å². The number of thiophene rings is 2. The highest BCUT2D eigenvalue weighted by Crippen LogP contribution is 2.57. The van der Waals surface area contributed by atoms with Gasteiger partial charge in [0.05, 0.1) is 15.9 Å². The summed E-state index contributed by atoms with van der Waals surface area (Å²) in [5, 5.41) is 30.4. The fraction of sp³-hybridized carbons (Fsp3) is 0.514. The minimum absolute atomic E-state index is 0.0195. The maximum absolute atomic E-state index is 14.4. The third kappa shape index (κ3) is 8.57. The number of nitrogens with two attached hydrogens (primary N) is 1. The number of aliphatic hydroxyl groups is 1. The minimum atomic E-state index is -0.507. The normalized spacial score (nSPS) is 24.0. The van der Waals surface area contributed by atoms with Crippen LogP contribution in [0.5, 0.6) is 5.75 Å². The van der Waals surface area contributed by atoms with Crippen LogP contribution in [0.25, 0.3) is 9.75 Å². The van der Waals surface area contributed by atoms with E-state index in [1.165, 1.54) is 0 Å². The molecule has 47 heavy (non-hydrogen) atoms. The van der Waals surface area contributed by atoms with Crippen molar-refractivity contribution in [2.45, 2.75) is 70.9 Å². The fourth-order valence-electron chi connectivity index (χ4n) is 7.88. The van der Waals surface area contributed by atoms with E-state index in [9.17, 15) is 15.0 Å². The van der Waals surface area contributed by atoms with E-state index in [2.05, 4.69) is 51.0 Å². The van der Waals surface area contributed by atoms with Crippen molar-refractivity contribution in [2.75, 3.05) is 32.5 Å². The average molecular weight is 676 g/mol. The van der Waals surface area contributed by atoms with Crippen LogP contribution in [0.4, 0.5) is 5.69 Å². The largest absolute Gasteiger partial charge is 0.508 e. The number of Topliss-reactive ketones (excluding diaryl/α,β-unsaturated/α-hetero) is 1. The predicted octanol–water partition coefficient (Wildman–Crippen LogP) is 6.10. The molecule has 0 saturated heterocycles. The van der Waals surface area contributed by atoms with Gasteiger partial charge in [0.1, 0.15) is 5.75 Å². The highest BCUT2D eigenvalue weighted by atomic mass is 32.1. The van der Waals surface area contributed by atoms with Gasteiger partial charge in [-0.15, -0.1) is 28.6 Å². The second kappa shape index (κ2) is 15.7. The van der Waals surface area contributed by atoms with Gasteiger partial charge in [-0.1, -0.05) is 5.92 Å². The fourth-order valence-corrected chi connectivity index (χ4v) is 9.88. The Labute approximate surface area is 287 Å². The Morgan fingerprint density at radius 2 is 1.91 bits per heavy atom. The second-order valence-electron chi connectivity index (χ2n) is 13.4. The summed E-state index contributed by atoms with van der Waals surface area (Å²) >= 11 is 3.28. The van der Waals surface area contributed by atoms with Crippen LogP contribution in [0, 0.1) is 35.0 Å². The molecule has 2 aliphatic carbocycles. The number of aliphatic imine (C=N–C) groups is 1. The SMILES string of the molecule is CC#Cc1ccc(-c2ccc(C(=O)[C@@H]3CC[C@H]([C@H](Cc4cc(O)cc(NC[C@H](C)O)c4)NC(N)=NC)C[C@@]34CC[C@H](CNC)C4)s2)s1.